The van der Waals surface area contributed by atoms with E-state index in [0.717, 1.165) is 0 Å². The molecule has 0 amide bonds. The largest absolute Gasteiger partial charge is 0.309 e. The standard InChI is InChI=1S/C44H29N/c1-2-16-36(17-3-1)45-43-23-9-8-20-41(43)42-29-32(24-25-44(42)45)33-26-34(39-21-10-14-30-12-4-6-18-37(30)39)28-35(27-33)40-22-11-15-31-13-5-7-19-38(31)40/h1-29H. The first-order valence-corrected chi connectivity index (χ1v) is 15.5. The summed E-state index contributed by atoms with van der Waals surface area (Å²) in [6.07, 6.45) is 0. The van der Waals surface area contributed by atoms with Gasteiger partial charge in [0.05, 0.1) is 11.0 Å². The molecule has 0 aliphatic carbocycles. The van der Waals surface area contributed by atoms with Gasteiger partial charge in [-0.1, -0.05) is 127 Å². The maximum atomic E-state index is 2.38. The predicted octanol–water partition coefficient (Wildman–Crippen LogP) is 12.1. The minimum absolute atomic E-state index is 1.17. The Labute approximate surface area is 262 Å². The summed E-state index contributed by atoms with van der Waals surface area (Å²) in [5.74, 6) is 0. The van der Waals surface area contributed by atoms with Crippen molar-refractivity contribution in [1.82, 2.24) is 4.57 Å². The molecule has 210 valence electrons. The van der Waals surface area contributed by atoms with Crippen molar-refractivity contribution in [3.63, 3.8) is 0 Å². The molecular formula is C44H29N. The molecule has 0 saturated carbocycles. The topological polar surface area (TPSA) is 4.93 Å². The second-order valence-corrected chi connectivity index (χ2v) is 11.8. The van der Waals surface area contributed by atoms with Crippen LogP contribution in [0.1, 0.15) is 0 Å². The second-order valence-electron chi connectivity index (χ2n) is 11.8. The summed E-state index contributed by atoms with van der Waals surface area (Å²) in [5.41, 5.74) is 11.0. The van der Waals surface area contributed by atoms with E-state index in [4.69, 9.17) is 0 Å². The minimum Gasteiger partial charge on any atom is -0.309 e. The highest BCUT2D eigenvalue weighted by molar-refractivity contribution is 6.11. The van der Waals surface area contributed by atoms with Crippen LogP contribution in [0.3, 0.4) is 0 Å². The highest BCUT2D eigenvalue weighted by Gasteiger charge is 2.15. The van der Waals surface area contributed by atoms with Gasteiger partial charge in [0.1, 0.15) is 0 Å². The number of benzene rings is 8. The van der Waals surface area contributed by atoms with E-state index in [2.05, 4.69) is 180 Å². The van der Waals surface area contributed by atoms with Crippen LogP contribution in [0.25, 0.3) is 82.4 Å². The molecule has 1 nitrogen and oxygen atoms in total. The Morgan fingerprint density at radius 3 is 1.47 bits per heavy atom. The Morgan fingerprint density at radius 1 is 0.289 bits per heavy atom. The van der Waals surface area contributed by atoms with Gasteiger partial charge in [-0.25, -0.2) is 0 Å². The molecule has 8 aromatic carbocycles. The first kappa shape index (κ1) is 25.6. The third-order valence-corrected chi connectivity index (χ3v) is 9.15. The number of nitrogens with zero attached hydrogens (tertiary/aromatic N) is 1. The number of aromatic nitrogens is 1. The van der Waals surface area contributed by atoms with Crippen molar-refractivity contribution in [2.45, 2.75) is 0 Å². The van der Waals surface area contributed by atoms with E-state index in [1.54, 1.807) is 0 Å². The summed E-state index contributed by atoms with van der Waals surface area (Å²) in [5, 5.41) is 7.56. The molecule has 0 bridgehead atoms. The second kappa shape index (κ2) is 10.4. The van der Waals surface area contributed by atoms with E-state index in [1.807, 2.05) is 0 Å². The van der Waals surface area contributed by atoms with Crippen molar-refractivity contribution in [3.05, 3.63) is 176 Å². The van der Waals surface area contributed by atoms with Crippen LogP contribution in [0.4, 0.5) is 0 Å². The van der Waals surface area contributed by atoms with Crippen molar-refractivity contribution in [1.29, 1.82) is 0 Å². The normalized spacial score (nSPS) is 11.6. The maximum Gasteiger partial charge on any atom is 0.0541 e. The molecule has 0 saturated heterocycles. The lowest BCUT2D eigenvalue weighted by molar-refractivity contribution is 1.18. The molecule has 0 N–H and O–H groups in total. The van der Waals surface area contributed by atoms with E-state index >= 15 is 0 Å². The van der Waals surface area contributed by atoms with Gasteiger partial charge in [0.15, 0.2) is 0 Å². The predicted molar refractivity (Wildman–Crippen MR) is 192 cm³/mol. The lowest BCUT2D eigenvalue weighted by Gasteiger charge is -2.15. The van der Waals surface area contributed by atoms with Gasteiger partial charge in [-0.15, -0.1) is 0 Å². The average molecular weight is 572 g/mol. The van der Waals surface area contributed by atoms with Crippen LogP contribution in [0, 0.1) is 0 Å². The monoisotopic (exact) mass is 571 g/mol. The zero-order valence-electron chi connectivity index (χ0n) is 24.7. The van der Waals surface area contributed by atoms with Gasteiger partial charge in [0, 0.05) is 16.5 Å². The lowest BCUT2D eigenvalue weighted by atomic mass is 9.89. The fraction of sp³-hybridized carbons (Fsp3) is 0. The van der Waals surface area contributed by atoms with Gasteiger partial charge < -0.3 is 4.57 Å². The summed E-state index contributed by atoms with van der Waals surface area (Å²) in [6, 6.07) is 64.1. The van der Waals surface area contributed by atoms with Gasteiger partial charge in [0.2, 0.25) is 0 Å². The molecule has 1 aromatic heterocycles. The van der Waals surface area contributed by atoms with Gasteiger partial charge in [-0.2, -0.15) is 0 Å². The molecule has 0 spiro atoms. The van der Waals surface area contributed by atoms with Crippen LogP contribution in [0.5, 0.6) is 0 Å². The van der Waals surface area contributed by atoms with Crippen molar-refractivity contribution < 1.29 is 0 Å². The van der Waals surface area contributed by atoms with E-state index < -0.39 is 0 Å². The van der Waals surface area contributed by atoms with Crippen LogP contribution < -0.4 is 0 Å². The Morgan fingerprint density at radius 2 is 0.800 bits per heavy atom. The quantitative estimate of drug-likeness (QED) is 0.198. The van der Waals surface area contributed by atoms with E-state index in [1.165, 1.54) is 82.4 Å². The molecule has 0 radical (unpaired) electrons. The summed E-state index contributed by atoms with van der Waals surface area (Å²) in [7, 11) is 0. The SMILES string of the molecule is c1ccc(-n2c3ccccc3c3cc(-c4cc(-c5cccc6ccccc56)cc(-c5cccc6ccccc56)c4)ccc32)cc1. The molecule has 0 aliphatic heterocycles. The van der Waals surface area contributed by atoms with E-state index in [0.29, 0.717) is 0 Å². The van der Waals surface area contributed by atoms with Crippen LogP contribution in [0.15, 0.2) is 176 Å². The van der Waals surface area contributed by atoms with Crippen LogP contribution >= 0.6 is 0 Å². The number of rotatable bonds is 4. The Bertz CT molecular complexity index is 2430. The Balaban J connectivity index is 1.31. The van der Waals surface area contributed by atoms with Gasteiger partial charge in [-0.05, 0) is 103 Å². The first-order valence-electron chi connectivity index (χ1n) is 15.5. The maximum absolute atomic E-state index is 2.38. The average Bonchev–Trinajstić information content (AvgIpc) is 3.45. The molecule has 0 fully saturated rings. The van der Waals surface area contributed by atoms with Crippen LogP contribution in [0.2, 0.25) is 0 Å². The molecule has 9 aromatic rings. The Kier molecular flexibility index (Phi) is 5.89. The highest BCUT2D eigenvalue weighted by Crippen LogP contribution is 2.40. The number of hydrogen-bond acceptors (Lipinski definition) is 0. The van der Waals surface area contributed by atoms with E-state index in [-0.39, 0.29) is 0 Å². The van der Waals surface area contributed by atoms with Crippen molar-refractivity contribution in [2.24, 2.45) is 0 Å². The smallest absolute Gasteiger partial charge is 0.0541 e. The summed E-state index contributed by atoms with van der Waals surface area (Å²) in [4.78, 5) is 0. The summed E-state index contributed by atoms with van der Waals surface area (Å²) >= 11 is 0. The van der Waals surface area contributed by atoms with Crippen molar-refractivity contribution in [3.8, 4) is 39.1 Å². The summed E-state index contributed by atoms with van der Waals surface area (Å²) in [6.45, 7) is 0. The molecule has 0 unspecified atom stereocenters. The number of hydrogen-bond donors (Lipinski definition) is 0. The molecular weight excluding hydrogens is 542 g/mol. The molecule has 1 heterocycles. The fourth-order valence-electron chi connectivity index (χ4n) is 7.07. The van der Waals surface area contributed by atoms with Gasteiger partial charge in [0.25, 0.3) is 0 Å². The van der Waals surface area contributed by atoms with Crippen LogP contribution in [-0.2, 0) is 0 Å². The molecule has 0 aliphatic rings. The first-order chi connectivity index (χ1) is 22.3. The molecule has 9 rings (SSSR count). The minimum atomic E-state index is 1.17. The van der Waals surface area contributed by atoms with Crippen molar-refractivity contribution in [2.75, 3.05) is 0 Å². The lowest BCUT2D eigenvalue weighted by Crippen LogP contribution is -1.93. The van der Waals surface area contributed by atoms with Gasteiger partial charge in [-0.3, -0.25) is 0 Å². The molecule has 45 heavy (non-hydrogen) atoms. The molecule has 0 atom stereocenters. The fourth-order valence-corrected chi connectivity index (χ4v) is 7.07. The highest BCUT2D eigenvalue weighted by atomic mass is 15.0. The zero-order valence-corrected chi connectivity index (χ0v) is 24.7. The van der Waals surface area contributed by atoms with Crippen LogP contribution in [-0.4, -0.2) is 4.57 Å². The van der Waals surface area contributed by atoms with Gasteiger partial charge >= 0.3 is 0 Å². The Hall–Kier alpha value is -5.92. The third-order valence-electron chi connectivity index (χ3n) is 9.15. The van der Waals surface area contributed by atoms with Crippen molar-refractivity contribution >= 4 is 43.4 Å². The number of fused-ring (bicyclic) bond motifs is 5. The third kappa shape index (κ3) is 4.24. The zero-order chi connectivity index (χ0) is 29.7. The number of para-hydroxylation sites is 2. The van der Waals surface area contributed by atoms with E-state index in [9.17, 15) is 0 Å². The summed E-state index contributed by atoms with van der Waals surface area (Å²) < 4.78 is 2.38. The molecule has 1 heteroatoms.